The lowest BCUT2D eigenvalue weighted by Crippen LogP contribution is -2.52. The molecule has 0 fully saturated rings. The van der Waals surface area contributed by atoms with Crippen LogP contribution < -0.4 is 16.0 Å². The Morgan fingerprint density at radius 3 is 2.29 bits per heavy atom. The number of ether oxygens (including phenoxy) is 1. The van der Waals surface area contributed by atoms with E-state index in [9.17, 15) is 19.2 Å². The Morgan fingerprint density at radius 1 is 1.19 bits per heavy atom. The third kappa shape index (κ3) is 7.75. The van der Waals surface area contributed by atoms with Crippen LogP contribution in [-0.2, 0) is 19.1 Å². The van der Waals surface area contributed by atoms with Crippen molar-refractivity contribution in [2.75, 3.05) is 13.7 Å². The van der Waals surface area contributed by atoms with Crippen molar-refractivity contribution in [2.45, 2.75) is 38.8 Å². The molecule has 0 aliphatic heterocycles. The molecule has 0 aliphatic carbocycles. The number of urea groups is 1. The van der Waals surface area contributed by atoms with Crippen LogP contribution in [0.5, 0.6) is 0 Å². The van der Waals surface area contributed by atoms with Gasteiger partial charge in [0.05, 0.1) is 7.11 Å². The second kappa shape index (κ2) is 9.56. The quantitative estimate of drug-likeness (QED) is 0.434. The normalized spacial score (nSPS) is 12.7. The number of amides is 3. The fourth-order valence-corrected chi connectivity index (χ4v) is 1.41. The lowest BCUT2D eigenvalue weighted by atomic mass is 10.1. The topological polar surface area (TPSA) is 134 Å². The van der Waals surface area contributed by atoms with E-state index in [1.807, 2.05) is 0 Å². The summed E-state index contributed by atoms with van der Waals surface area (Å²) in [7, 11) is 1.19. The zero-order valence-corrected chi connectivity index (χ0v) is 12.3. The van der Waals surface area contributed by atoms with Crippen molar-refractivity contribution < 1.29 is 29.0 Å². The molecule has 0 aromatic rings. The number of carbonyl (C=O) groups is 4. The minimum atomic E-state index is -1.28. The largest absolute Gasteiger partial charge is 0.480 e. The number of likely N-dealkylation sites (N-methyl/N-ethyl adjacent to an activating group) is 1. The summed E-state index contributed by atoms with van der Waals surface area (Å²) in [5.41, 5.74) is 0. The Bertz CT molecular complexity index is 398. The maximum absolute atomic E-state index is 11.6. The van der Waals surface area contributed by atoms with Gasteiger partial charge in [-0.05, 0) is 20.3 Å². The summed E-state index contributed by atoms with van der Waals surface area (Å²) in [6.07, 6.45) is -0.245. The van der Waals surface area contributed by atoms with E-state index in [1.165, 1.54) is 14.0 Å². The van der Waals surface area contributed by atoms with Crippen LogP contribution in [0, 0.1) is 0 Å². The Balaban J connectivity index is 4.38. The number of aliphatic carboxylic acids is 1. The second-order valence-electron chi connectivity index (χ2n) is 4.24. The summed E-state index contributed by atoms with van der Waals surface area (Å²) in [5, 5.41) is 16.0. The van der Waals surface area contributed by atoms with E-state index in [-0.39, 0.29) is 18.7 Å². The molecule has 0 saturated carbocycles. The molecule has 2 atom stereocenters. The van der Waals surface area contributed by atoms with Crippen molar-refractivity contribution >= 4 is 23.9 Å². The molecule has 0 aromatic heterocycles. The van der Waals surface area contributed by atoms with Gasteiger partial charge in [-0.15, -0.1) is 0 Å². The van der Waals surface area contributed by atoms with Gasteiger partial charge in [0.25, 0.3) is 0 Å². The fraction of sp³-hybridized carbons (Fsp3) is 0.667. The molecule has 9 heteroatoms. The van der Waals surface area contributed by atoms with Crippen LogP contribution in [0.2, 0.25) is 0 Å². The van der Waals surface area contributed by atoms with E-state index in [2.05, 4.69) is 20.7 Å². The highest BCUT2D eigenvalue weighted by atomic mass is 16.5. The van der Waals surface area contributed by atoms with Gasteiger partial charge < -0.3 is 25.8 Å². The molecule has 0 aliphatic rings. The summed E-state index contributed by atoms with van der Waals surface area (Å²) < 4.78 is 4.40. The first kappa shape index (κ1) is 18.7. The molecule has 0 rings (SSSR count). The van der Waals surface area contributed by atoms with Crippen molar-refractivity contribution in [1.82, 2.24) is 16.0 Å². The van der Waals surface area contributed by atoms with E-state index >= 15 is 0 Å². The van der Waals surface area contributed by atoms with Crippen molar-refractivity contribution in [3.8, 4) is 0 Å². The third-order valence-corrected chi connectivity index (χ3v) is 2.56. The van der Waals surface area contributed by atoms with E-state index in [1.54, 1.807) is 6.92 Å². The SMILES string of the molecule is CCNC(=O)C(C)NC(=O)N[C@@H](CCC(=O)OC)C(=O)O. The van der Waals surface area contributed by atoms with Gasteiger partial charge in [0.1, 0.15) is 12.1 Å². The van der Waals surface area contributed by atoms with Gasteiger partial charge in [-0.2, -0.15) is 0 Å². The molecule has 0 bridgehead atoms. The average Bonchev–Trinajstić information content (AvgIpc) is 2.42. The number of hydrogen-bond acceptors (Lipinski definition) is 5. The Labute approximate surface area is 122 Å². The highest BCUT2D eigenvalue weighted by molar-refractivity contribution is 5.88. The molecule has 4 N–H and O–H groups in total. The van der Waals surface area contributed by atoms with Gasteiger partial charge in [0.15, 0.2) is 0 Å². The van der Waals surface area contributed by atoms with Crippen molar-refractivity contribution in [3.05, 3.63) is 0 Å². The van der Waals surface area contributed by atoms with Gasteiger partial charge >= 0.3 is 18.0 Å². The molecule has 21 heavy (non-hydrogen) atoms. The van der Waals surface area contributed by atoms with E-state index < -0.39 is 30.1 Å². The minimum absolute atomic E-state index is 0.106. The Hall–Kier alpha value is -2.32. The first-order valence-electron chi connectivity index (χ1n) is 6.46. The Kier molecular flexibility index (Phi) is 8.51. The zero-order valence-electron chi connectivity index (χ0n) is 12.3. The predicted octanol–water partition coefficient (Wildman–Crippen LogP) is -0.783. The number of rotatable bonds is 8. The van der Waals surface area contributed by atoms with E-state index in [4.69, 9.17) is 5.11 Å². The van der Waals surface area contributed by atoms with Crippen LogP contribution in [-0.4, -0.2) is 54.7 Å². The molecule has 120 valence electrons. The molecule has 3 amide bonds. The average molecular weight is 303 g/mol. The van der Waals surface area contributed by atoms with E-state index in [0.717, 1.165) is 0 Å². The van der Waals surface area contributed by atoms with Crippen LogP contribution >= 0.6 is 0 Å². The maximum atomic E-state index is 11.6. The molecular formula is C12H21N3O6. The molecule has 0 aromatic carbocycles. The summed E-state index contributed by atoms with van der Waals surface area (Å²) in [6.45, 7) is 3.62. The van der Waals surface area contributed by atoms with Crippen molar-refractivity contribution in [3.63, 3.8) is 0 Å². The molecule has 0 radical (unpaired) electrons. The van der Waals surface area contributed by atoms with Gasteiger partial charge in [-0.25, -0.2) is 9.59 Å². The van der Waals surface area contributed by atoms with Crippen molar-refractivity contribution in [2.24, 2.45) is 0 Å². The number of carbonyl (C=O) groups excluding carboxylic acids is 3. The first-order valence-corrected chi connectivity index (χ1v) is 6.46. The second-order valence-corrected chi connectivity index (χ2v) is 4.24. The van der Waals surface area contributed by atoms with Gasteiger partial charge in [0.2, 0.25) is 5.91 Å². The highest BCUT2D eigenvalue weighted by Gasteiger charge is 2.23. The van der Waals surface area contributed by atoms with Gasteiger partial charge in [-0.1, -0.05) is 0 Å². The predicted molar refractivity (Wildman–Crippen MR) is 72.5 cm³/mol. The molecule has 9 nitrogen and oxygen atoms in total. The van der Waals surface area contributed by atoms with Crippen LogP contribution in [0.4, 0.5) is 4.79 Å². The zero-order chi connectivity index (χ0) is 16.4. The molecule has 1 unspecified atom stereocenters. The first-order chi connectivity index (χ1) is 9.81. The van der Waals surface area contributed by atoms with Gasteiger partial charge in [-0.3, -0.25) is 9.59 Å². The van der Waals surface area contributed by atoms with E-state index in [0.29, 0.717) is 6.54 Å². The van der Waals surface area contributed by atoms with Gasteiger partial charge in [0, 0.05) is 13.0 Å². The van der Waals surface area contributed by atoms with Crippen LogP contribution in [0.3, 0.4) is 0 Å². The van der Waals surface area contributed by atoms with Crippen LogP contribution in [0.1, 0.15) is 26.7 Å². The third-order valence-electron chi connectivity index (χ3n) is 2.56. The summed E-state index contributed by atoms with van der Waals surface area (Å²) in [4.78, 5) is 45.0. The van der Waals surface area contributed by atoms with Crippen LogP contribution in [0.25, 0.3) is 0 Å². The molecule has 0 saturated heterocycles. The molecule has 0 heterocycles. The van der Waals surface area contributed by atoms with Crippen molar-refractivity contribution in [1.29, 1.82) is 0 Å². The Morgan fingerprint density at radius 2 is 1.81 bits per heavy atom. The number of carboxylic acid groups (broad SMARTS) is 1. The monoisotopic (exact) mass is 303 g/mol. The minimum Gasteiger partial charge on any atom is -0.480 e. The summed E-state index contributed by atoms with van der Waals surface area (Å²) >= 11 is 0. The standard InChI is InChI=1S/C12H21N3O6/c1-4-13-10(17)7(2)14-12(20)15-8(11(18)19)5-6-9(16)21-3/h7-8H,4-6H2,1-3H3,(H,13,17)(H,18,19)(H2,14,15,20)/t7?,8-/m0/s1. The maximum Gasteiger partial charge on any atom is 0.326 e. The number of hydrogen-bond donors (Lipinski definition) is 4. The number of nitrogens with one attached hydrogen (secondary N) is 3. The summed E-state index contributed by atoms with van der Waals surface area (Å²) in [6, 6.07) is -2.85. The number of carboxylic acids is 1. The smallest absolute Gasteiger partial charge is 0.326 e. The summed E-state index contributed by atoms with van der Waals surface area (Å²) in [5.74, 6) is -2.23. The molecular weight excluding hydrogens is 282 g/mol. The van der Waals surface area contributed by atoms with Crippen LogP contribution in [0.15, 0.2) is 0 Å². The fourth-order valence-electron chi connectivity index (χ4n) is 1.41. The highest BCUT2D eigenvalue weighted by Crippen LogP contribution is 1.99. The number of methoxy groups -OCH3 is 1. The number of esters is 1. The lowest BCUT2D eigenvalue weighted by molar-refractivity contribution is -0.142. The molecule has 0 spiro atoms. The lowest BCUT2D eigenvalue weighted by Gasteiger charge is -2.17.